The van der Waals surface area contributed by atoms with E-state index < -0.39 is 60.0 Å². The minimum Gasteiger partial charge on any atom is -0.403 e. The molecule has 32 heavy (non-hydrogen) atoms. The van der Waals surface area contributed by atoms with E-state index in [1.807, 2.05) is 0 Å². The number of nitrogens with zero attached hydrogens (tertiary/aromatic N) is 1. The van der Waals surface area contributed by atoms with Crippen LogP contribution in [-0.2, 0) is 4.79 Å². The molecule has 6 nitrogen and oxygen atoms in total. The molecule has 3 amide bonds. The molecule has 1 aliphatic carbocycles. The highest BCUT2D eigenvalue weighted by Gasteiger charge is 2.50. The number of piperazine rings is 1. The number of halogens is 7. The van der Waals surface area contributed by atoms with Crippen molar-refractivity contribution in [2.45, 2.75) is 44.4 Å². The van der Waals surface area contributed by atoms with Crippen molar-refractivity contribution in [1.29, 1.82) is 0 Å². The Morgan fingerprint density at radius 3 is 2.44 bits per heavy atom. The number of amides is 3. The van der Waals surface area contributed by atoms with Crippen molar-refractivity contribution in [3.63, 3.8) is 0 Å². The van der Waals surface area contributed by atoms with Gasteiger partial charge >= 0.3 is 18.6 Å². The van der Waals surface area contributed by atoms with Crippen LogP contribution >= 0.6 is 0 Å². The number of alkyl halides is 6. The minimum atomic E-state index is -5.13. The Hall–Kier alpha value is -2.73. The Bertz CT molecular complexity index is 869. The monoisotopic (exact) mass is 471 g/mol. The quantitative estimate of drug-likeness (QED) is 0.655. The van der Waals surface area contributed by atoms with Gasteiger partial charge in [-0.15, -0.1) is 13.2 Å². The molecule has 1 aromatic carbocycles. The van der Waals surface area contributed by atoms with E-state index in [0.29, 0.717) is 12.1 Å². The second-order valence-corrected chi connectivity index (χ2v) is 7.80. The lowest BCUT2D eigenvalue weighted by atomic mass is 9.69. The summed E-state index contributed by atoms with van der Waals surface area (Å²) in [5.41, 5.74) is -0.00915. The molecule has 3 rings (SSSR count). The predicted octanol–water partition coefficient (Wildman–Crippen LogP) is 3.88. The largest absolute Gasteiger partial charge is 0.573 e. The molecule has 1 heterocycles. The van der Waals surface area contributed by atoms with Gasteiger partial charge < -0.3 is 20.3 Å². The van der Waals surface area contributed by atoms with Crippen LogP contribution in [0.2, 0.25) is 0 Å². The SMILES string of the molecule is C[C@@H]1C(=O)NCCN1C(=O)NC(c1ccc(OC(F)(F)F)c(F)c1)C1CC(C(F)(F)F)C1. The fourth-order valence-electron chi connectivity index (χ4n) is 3.87. The van der Waals surface area contributed by atoms with Crippen molar-refractivity contribution in [2.75, 3.05) is 13.1 Å². The normalized spacial score (nSPS) is 24.9. The zero-order chi connectivity index (χ0) is 23.8. The third-order valence-electron chi connectivity index (χ3n) is 5.69. The van der Waals surface area contributed by atoms with Gasteiger partial charge in [0.15, 0.2) is 11.6 Å². The van der Waals surface area contributed by atoms with Crippen LogP contribution < -0.4 is 15.4 Å². The average molecular weight is 471 g/mol. The summed E-state index contributed by atoms with van der Waals surface area (Å²) in [4.78, 5) is 25.7. The van der Waals surface area contributed by atoms with Gasteiger partial charge in [-0.05, 0) is 43.4 Å². The fraction of sp³-hybridized carbons (Fsp3) is 0.579. The predicted molar refractivity (Wildman–Crippen MR) is 95.8 cm³/mol. The Kier molecular flexibility index (Phi) is 6.47. The molecule has 178 valence electrons. The van der Waals surface area contributed by atoms with Gasteiger partial charge in [0.25, 0.3) is 0 Å². The van der Waals surface area contributed by atoms with Gasteiger partial charge in [0.1, 0.15) is 6.04 Å². The number of hydrogen-bond acceptors (Lipinski definition) is 3. The van der Waals surface area contributed by atoms with Crippen molar-refractivity contribution in [3.8, 4) is 5.75 Å². The lowest BCUT2D eigenvalue weighted by Crippen LogP contribution is -2.59. The summed E-state index contributed by atoms with van der Waals surface area (Å²) >= 11 is 0. The van der Waals surface area contributed by atoms with E-state index in [4.69, 9.17) is 0 Å². The number of nitrogens with one attached hydrogen (secondary N) is 2. The summed E-state index contributed by atoms with van der Waals surface area (Å²) in [6, 6.07) is -0.236. The highest BCUT2D eigenvalue weighted by Crippen LogP contribution is 2.49. The summed E-state index contributed by atoms with van der Waals surface area (Å²) < 4.78 is 93.8. The molecule has 2 N–H and O–H groups in total. The van der Waals surface area contributed by atoms with Crippen LogP contribution in [0.5, 0.6) is 5.75 Å². The molecule has 1 aromatic rings. The van der Waals surface area contributed by atoms with E-state index in [2.05, 4.69) is 15.4 Å². The van der Waals surface area contributed by atoms with E-state index in [1.165, 1.54) is 11.8 Å². The molecular weight excluding hydrogens is 451 g/mol. The molecule has 0 bridgehead atoms. The van der Waals surface area contributed by atoms with E-state index in [9.17, 15) is 40.3 Å². The maximum Gasteiger partial charge on any atom is 0.573 e. The highest BCUT2D eigenvalue weighted by molar-refractivity contribution is 5.88. The van der Waals surface area contributed by atoms with Crippen molar-refractivity contribution in [1.82, 2.24) is 15.5 Å². The molecule has 2 fully saturated rings. The molecule has 2 aliphatic rings. The van der Waals surface area contributed by atoms with Crippen LogP contribution in [-0.4, -0.2) is 48.5 Å². The number of carbonyl (C=O) groups excluding carboxylic acids is 2. The van der Waals surface area contributed by atoms with Gasteiger partial charge in [0.05, 0.1) is 12.0 Å². The maximum atomic E-state index is 14.2. The standard InChI is InChI=1S/C19H20F7N3O3/c1-9-16(30)27-4-5-29(9)17(31)28-15(11-6-12(7-11)18(21,22)23)10-2-3-14(13(20)8-10)32-19(24,25)26/h2-3,8-9,11-12,15H,4-7H2,1H3,(H,27,30)(H,28,31)/t9-,11?,12?,15?/m1/s1. The third kappa shape index (κ3) is 5.36. The molecule has 1 aliphatic heterocycles. The first-order valence-electron chi connectivity index (χ1n) is 9.73. The van der Waals surface area contributed by atoms with E-state index in [-0.39, 0.29) is 31.5 Å². The molecule has 13 heteroatoms. The first kappa shape index (κ1) is 23.9. The van der Waals surface area contributed by atoms with Crippen molar-refractivity contribution < 1.29 is 45.1 Å². The highest BCUT2D eigenvalue weighted by atomic mass is 19.4. The Balaban J connectivity index is 1.82. The molecule has 1 saturated heterocycles. The van der Waals surface area contributed by atoms with E-state index in [1.54, 1.807) is 0 Å². The smallest absolute Gasteiger partial charge is 0.403 e. The summed E-state index contributed by atoms with van der Waals surface area (Å²) in [7, 11) is 0. The van der Waals surface area contributed by atoms with Crippen LogP contribution in [0.1, 0.15) is 31.4 Å². The average Bonchev–Trinajstić information content (AvgIpc) is 2.61. The first-order chi connectivity index (χ1) is 14.8. The molecule has 2 atom stereocenters. The lowest BCUT2D eigenvalue weighted by molar-refractivity contribution is -0.275. The van der Waals surface area contributed by atoms with Gasteiger partial charge in [-0.25, -0.2) is 9.18 Å². The fourth-order valence-corrected chi connectivity index (χ4v) is 3.87. The number of rotatable bonds is 4. The molecule has 0 aromatic heterocycles. The second-order valence-electron chi connectivity index (χ2n) is 7.80. The zero-order valence-corrected chi connectivity index (χ0v) is 16.7. The molecule has 0 radical (unpaired) electrons. The van der Waals surface area contributed by atoms with Crippen molar-refractivity contribution in [2.24, 2.45) is 11.8 Å². The van der Waals surface area contributed by atoms with E-state index in [0.717, 1.165) is 6.07 Å². The Labute approximate surface area is 178 Å². The van der Waals surface area contributed by atoms with Gasteiger partial charge in [-0.3, -0.25) is 4.79 Å². The van der Waals surface area contributed by atoms with Crippen LogP contribution in [0.25, 0.3) is 0 Å². The molecule has 1 unspecified atom stereocenters. The number of ether oxygens (including phenoxy) is 1. The number of urea groups is 1. The summed E-state index contributed by atoms with van der Waals surface area (Å²) in [6.45, 7) is 1.79. The van der Waals surface area contributed by atoms with Crippen molar-refractivity contribution >= 4 is 11.9 Å². The Morgan fingerprint density at radius 2 is 1.88 bits per heavy atom. The van der Waals surface area contributed by atoms with Crippen LogP contribution in [0, 0.1) is 17.7 Å². The molecule has 0 spiro atoms. The second kappa shape index (κ2) is 8.66. The minimum absolute atomic E-state index is 0.00915. The summed E-state index contributed by atoms with van der Waals surface area (Å²) in [5, 5.41) is 5.09. The Morgan fingerprint density at radius 1 is 1.22 bits per heavy atom. The van der Waals surface area contributed by atoms with Crippen LogP contribution in [0.4, 0.5) is 35.5 Å². The zero-order valence-electron chi connectivity index (χ0n) is 16.7. The van der Waals surface area contributed by atoms with Gasteiger partial charge in [0, 0.05) is 13.1 Å². The first-order valence-corrected chi connectivity index (χ1v) is 9.73. The number of hydrogen-bond donors (Lipinski definition) is 2. The van der Waals surface area contributed by atoms with E-state index >= 15 is 0 Å². The van der Waals surface area contributed by atoms with Gasteiger partial charge in [-0.2, -0.15) is 13.2 Å². The van der Waals surface area contributed by atoms with Gasteiger partial charge in [0.2, 0.25) is 5.91 Å². The lowest BCUT2D eigenvalue weighted by Gasteiger charge is -2.42. The third-order valence-corrected chi connectivity index (χ3v) is 5.69. The number of benzene rings is 1. The summed E-state index contributed by atoms with van der Waals surface area (Å²) in [6.07, 6.45) is -10.2. The van der Waals surface area contributed by atoms with Crippen molar-refractivity contribution in [3.05, 3.63) is 29.6 Å². The summed E-state index contributed by atoms with van der Waals surface area (Å²) in [5.74, 6) is -5.22. The maximum absolute atomic E-state index is 14.2. The van der Waals surface area contributed by atoms with Gasteiger partial charge in [-0.1, -0.05) is 6.07 Å². The molecule has 1 saturated carbocycles. The van der Waals surface area contributed by atoms with Crippen LogP contribution in [0.15, 0.2) is 18.2 Å². The molecular formula is C19H20F7N3O3. The topological polar surface area (TPSA) is 70.7 Å². The number of carbonyl (C=O) groups is 2. The van der Waals surface area contributed by atoms with Crippen LogP contribution in [0.3, 0.4) is 0 Å².